The molecule has 0 atom stereocenters. The third kappa shape index (κ3) is 3.36. The molecule has 0 fully saturated rings. The number of aliphatic carboxylic acids is 1. The van der Waals surface area contributed by atoms with Crippen LogP contribution >= 0.6 is 27.7 Å². The Morgan fingerprint density at radius 1 is 1.37 bits per heavy atom. The molecule has 0 spiro atoms. The van der Waals surface area contributed by atoms with Gasteiger partial charge in [-0.1, -0.05) is 34.6 Å². The highest BCUT2D eigenvalue weighted by atomic mass is 79.9. The summed E-state index contributed by atoms with van der Waals surface area (Å²) in [6, 6.07) is 7.75. The average molecular weight is 342 g/mol. The van der Waals surface area contributed by atoms with E-state index in [0.717, 1.165) is 22.4 Å². The fourth-order valence-corrected chi connectivity index (χ4v) is 2.55. The van der Waals surface area contributed by atoms with E-state index in [9.17, 15) is 4.79 Å². The zero-order valence-electron chi connectivity index (χ0n) is 10.2. The molecule has 0 saturated carbocycles. The topological polar surface area (TPSA) is 68.0 Å². The van der Waals surface area contributed by atoms with Gasteiger partial charge in [-0.25, -0.2) is 0 Å². The van der Waals surface area contributed by atoms with Crippen molar-refractivity contribution in [2.45, 2.75) is 18.5 Å². The molecule has 2 rings (SSSR count). The zero-order valence-corrected chi connectivity index (χ0v) is 12.6. The highest BCUT2D eigenvalue weighted by molar-refractivity contribution is 9.10. The molecule has 100 valence electrons. The van der Waals surface area contributed by atoms with Crippen molar-refractivity contribution in [1.29, 1.82) is 0 Å². The van der Waals surface area contributed by atoms with Gasteiger partial charge < -0.3 is 5.11 Å². The summed E-state index contributed by atoms with van der Waals surface area (Å²) in [6.07, 6.45) is 0.733. The van der Waals surface area contributed by atoms with Crippen LogP contribution < -0.4 is 0 Å². The van der Waals surface area contributed by atoms with Crippen molar-refractivity contribution in [2.75, 3.05) is 5.75 Å². The molecular weight excluding hydrogens is 330 g/mol. The van der Waals surface area contributed by atoms with E-state index < -0.39 is 5.97 Å². The molecule has 1 N–H and O–H groups in total. The summed E-state index contributed by atoms with van der Waals surface area (Å²) in [6.45, 7) is 1.99. The van der Waals surface area contributed by atoms with Crippen LogP contribution in [0.5, 0.6) is 0 Å². The van der Waals surface area contributed by atoms with Crippen LogP contribution in [-0.2, 0) is 11.2 Å². The minimum atomic E-state index is -0.867. The maximum absolute atomic E-state index is 10.7. The number of halogens is 1. The number of carbonyl (C=O) groups is 1. The van der Waals surface area contributed by atoms with Gasteiger partial charge in [0.1, 0.15) is 5.82 Å². The molecule has 1 aromatic heterocycles. The molecule has 2 aromatic rings. The third-order valence-electron chi connectivity index (χ3n) is 2.43. The first-order valence-corrected chi connectivity index (χ1v) is 7.44. The maximum Gasteiger partial charge on any atom is 0.313 e. The fourth-order valence-electron chi connectivity index (χ4n) is 1.60. The van der Waals surface area contributed by atoms with E-state index >= 15 is 0 Å². The maximum atomic E-state index is 10.7. The van der Waals surface area contributed by atoms with Crippen LogP contribution in [0.3, 0.4) is 0 Å². The van der Waals surface area contributed by atoms with E-state index in [2.05, 4.69) is 26.1 Å². The van der Waals surface area contributed by atoms with Crippen molar-refractivity contribution in [3.8, 4) is 5.69 Å². The smallest absolute Gasteiger partial charge is 0.313 e. The normalized spacial score (nSPS) is 10.6. The van der Waals surface area contributed by atoms with Gasteiger partial charge in [-0.2, -0.15) is 0 Å². The van der Waals surface area contributed by atoms with Crippen molar-refractivity contribution >= 4 is 33.7 Å². The predicted octanol–water partition coefficient (Wildman–Crippen LogP) is 2.77. The minimum absolute atomic E-state index is 0.0294. The molecule has 0 aliphatic carbocycles. The Morgan fingerprint density at radius 3 is 2.63 bits per heavy atom. The second kappa shape index (κ2) is 6.21. The Labute approximate surface area is 123 Å². The summed E-state index contributed by atoms with van der Waals surface area (Å²) < 4.78 is 2.88. The first kappa shape index (κ1) is 14.1. The largest absolute Gasteiger partial charge is 0.481 e. The molecule has 0 aliphatic heterocycles. The molecule has 1 heterocycles. The summed E-state index contributed by atoms with van der Waals surface area (Å²) in [7, 11) is 0. The lowest BCUT2D eigenvalue weighted by atomic mass is 10.3. The number of aromatic nitrogens is 3. The second-order valence-corrected chi connectivity index (χ2v) is 5.60. The summed E-state index contributed by atoms with van der Waals surface area (Å²) >= 11 is 4.56. The standard InChI is InChI=1S/C12H12BrN3O2S/c1-2-10-14-15-12(19-7-11(17)18)16(10)9-5-3-8(13)4-6-9/h3-6H,2,7H2,1H3,(H,17,18). The average Bonchev–Trinajstić information content (AvgIpc) is 2.80. The van der Waals surface area contributed by atoms with E-state index in [1.807, 2.05) is 35.8 Å². The molecule has 0 unspecified atom stereocenters. The Kier molecular flexibility index (Phi) is 4.60. The van der Waals surface area contributed by atoms with Crippen LogP contribution in [0.25, 0.3) is 5.69 Å². The molecule has 5 nitrogen and oxygen atoms in total. The van der Waals surface area contributed by atoms with Crippen LogP contribution in [0.15, 0.2) is 33.9 Å². The van der Waals surface area contributed by atoms with E-state index in [1.165, 1.54) is 11.8 Å². The lowest BCUT2D eigenvalue weighted by Crippen LogP contribution is -2.04. The second-order valence-electron chi connectivity index (χ2n) is 3.75. The summed E-state index contributed by atoms with van der Waals surface area (Å²) in [5.41, 5.74) is 0.929. The van der Waals surface area contributed by atoms with Gasteiger partial charge in [-0.3, -0.25) is 9.36 Å². The molecule has 0 bridgehead atoms. The number of hydrogen-bond acceptors (Lipinski definition) is 4. The summed E-state index contributed by atoms with van der Waals surface area (Å²) in [4.78, 5) is 10.7. The quantitative estimate of drug-likeness (QED) is 0.847. The first-order chi connectivity index (χ1) is 9.11. The summed E-state index contributed by atoms with van der Waals surface area (Å²) in [5, 5.41) is 17.5. The van der Waals surface area contributed by atoms with Crippen LogP contribution in [0.4, 0.5) is 0 Å². The van der Waals surface area contributed by atoms with E-state index in [0.29, 0.717) is 5.16 Å². The number of benzene rings is 1. The molecule has 0 radical (unpaired) electrons. The van der Waals surface area contributed by atoms with E-state index in [1.54, 1.807) is 0 Å². The Balaban J connectivity index is 2.38. The van der Waals surface area contributed by atoms with Crippen molar-refractivity contribution in [3.63, 3.8) is 0 Å². The van der Waals surface area contributed by atoms with Crippen molar-refractivity contribution in [1.82, 2.24) is 14.8 Å². The minimum Gasteiger partial charge on any atom is -0.481 e. The van der Waals surface area contributed by atoms with E-state index in [4.69, 9.17) is 5.11 Å². The molecule has 0 amide bonds. The van der Waals surface area contributed by atoms with Gasteiger partial charge in [0.05, 0.1) is 5.75 Å². The molecule has 19 heavy (non-hydrogen) atoms. The number of carboxylic acid groups (broad SMARTS) is 1. The zero-order chi connectivity index (χ0) is 13.8. The van der Waals surface area contributed by atoms with Gasteiger partial charge in [-0.15, -0.1) is 10.2 Å². The number of hydrogen-bond donors (Lipinski definition) is 1. The molecule has 7 heteroatoms. The Bertz CT molecular complexity index is 583. The lowest BCUT2D eigenvalue weighted by molar-refractivity contribution is -0.133. The van der Waals surface area contributed by atoms with Crippen LogP contribution in [-0.4, -0.2) is 31.6 Å². The highest BCUT2D eigenvalue weighted by Gasteiger charge is 2.14. The molecule has 0 saturated heterocycles. The number of rotatable bonds is 5. The van der Waals surface area contributed by atoms with Gasteiger partial charge in [0, 0.05) is 16.6 Å². The molecule has 0 aliphatic rings. The monoisotopic (exact) mass is 341 g/mol. The van der Waals surface area contributed by atoms with Crippen molar-refractivity contribution in [2.24, 2.45) is 0 Å². The number of aryl methyl sites for hydroxylation is 1. The van der Waals surface area contributed by atoms with Crippen molar-refractivity contribution < 1.29 is 9.90 Å². The Morgan fingerprint density at radius 2 is 2.05 bits per heavy atom. The third-order valence-corrected chi connectivity index (χ3v) is 3.87. The van der Waals surface area contributed by atoms with Gasteiger partial charge in [0.2, 0.25) is 0 Å². The highest BCUT2D eigenvalue weighted by Crippen LogP contribution is 2.23. The van der Waals surface area contributed by atoms with E-state index in [-0.39, 0.29) is 5.75 Å². The Hall–Kier alpha value is -1.34. The van der Waals surface area contributed by atoms with Crippen LogP contribution in [0, 0.1) is 0 Å². The number of nitrogens with zero attached hydrogens (tertiary/aromatic N) is 3. The summed E-state index contributed by atoms with van der Waals surface area (Å²) in [5.74, 6) is -0.0816. The SMILES string of the molecule is CCc1nnc(SCC(=O)O)n1-c1ccc(Br)cc1. The van der Waals surface area contributed by atoms with Gasteiger partial charge >= 0.3 is 5.97 Å². The lowest BCUT2D eigenvalue weighted by Gasteiger charge is -2.08. The predicted molar refractivity (Wildman–Crippen MR) is 76.8 cm³/mol. The number of thioether (sulfide) groups is 1. The van der Waals surface area contributed by atoms with Crippen LogP contribution in [0.2, 0.25) is 0 Å². The van der Waals surface area contributed by atoms with Gasteiger partial charge in [-0.05, 0) is 24.3 Å². The van der Waals surface area contributed by atoms with Crippen molar-refractivity contribution in [3.05, 3.63) is 34.6 Å². The van der Waals surface area contributed by atoms with Gasteiger partial charge in [0.25, 0.3) is 0 Å². The fraction of sp³-hybridized carbons (Fsp3) is 0.250. The molecule has 1 aromatic carbocycles. The van der Waals surface area contributed by atoms with Gasteiger partial charge in [0.15, 0.2) is 5.16 Å². The van der Waals surface area contributed by atoms with Crippen LogP contribution in [0.1, 0.15) is 12.7 Å². The number of carboxylic acids is 1. The first-order valence-electron chi connectivity index (χ1n) is 5.66. The molecular formula is C12H12BrN3O2S.